The molecule has 2 aliphatic rings. The topological polar surface area (TPSA) is 87.5 Å². The van der Waals surface area contributed by atoms with Gasteiger partial charge >= 0.3 is 0 Å². The standard InChI is InChI=1S/C22H44N2O3.C12H19NO2S/c1-5-10-26-16-18(3)13-23-9-7-8-22(23)20-12-19(4)24(14-20)15-21(25)17-27-11-6-2;1-2-7-15-8-12(14)10-16-9-11-5-3-4-6-13-11/h18-22,25H,5-17H2,1-4H3;3-6,12,14H,2,7-10H2,1H3/t18?,19?,20-,21?,22?;/m0./s1. The first kappa shape index (κ1) is 38.4. The fourth-order valence-corrected chi connectivity index (χ4v) is 6.92. The van der Waals surface area contributed by atoms with Gasteiger partial charge in [-0.2, -0.15) is 11.8 Å². The molecule has 8 nitrogen and oxygen atoms in total. The Morgan fingerprint density at radius 3 is 2.26 bits per heavy atom. The number of ether oxygens (including phenoxy) is 3. The Morgan fingerprint density at radius 2 is 1.60 bits per heavy atom. The maximum Gasteiger partial charge on any atom is 0.0900 e. The van der Waals surface area contributed by atoms with Crippen molar-refractivity contribution in [2.24, 2.45) is 11.8 Å². The predicted molar refractivity (Wildman–Crippen MR) is 179 cm³/mol. The summed E-state index contributed by atoms with van der Waals surface area (Å²) in [6.07, 6.45) is 8.06. The minimum atomic E-state index is -0.375. The third kappa shape index (κ3) is 16.4. The maximum atomic E-state index is 10.3. The van der Waals surface area contributed by atoms with E-state index in [4.69, 9.17) is 14.2 Å². The van der Waals surface area contributed by atoms with Gasteiger partial charge in [-0.05, 0) is 76.0 Å². The highest BCUT2D eigenvalue weighted by atomic mass is 32.2. The molecule has 1 aromatic rings. The van der Waals surface area contributed by atoms with Crippen LogP contribution in [-0.4, -0.2) is 121 Å². The van der Waals surface area contributed by atoms with Crippen molar-refractivity contribution in [3.63, 3.8) is 0 Å². The zero-order valence-corrected chi connectivity index (χ0v) is 28.7. The Bertz CT molecular complexity index is 795. The predicted octanol–water partition coefficient (Wildman–Crippen LogP) is 5.11. The number of β-amino-alcohol motifs (C(OH)–C–C–N with tert-alkyl or cyclic N) is 1. The van der Waals surface area contributed by atoms with Gasteiger partial charge in [-0.25, -0.2) is 0 Å². The molecule has 0 aromatic carbocycles. The number of aliphatic hydroxyl groups excluding tert-OH is 2. The summed E-state index contributed by atoms with van der Waals surface area (Å²) in [7, 11) is 0. The van der Waals surface area contributed by atoms with Gasteiger partial charge in [0.15, 0.2) is 0 Å². The number of likely N-dealkylation sites (tertiary alicyclic amines) is 2. The minimum absolute atomic E-state index is 0.367. The third-order valence-electron chi connectivity index (χ3n) is 8.04. The van der Waals surface area contributed by atoms with E-state index in [-0.39, 0.29) is 12.2 Å². The monoisotopic (exact) mass is 625 g/mol. The van der Waals surface area contributed by atoms with E-state index in [1.54, 1.807) is 18.0 Å². The highest BCUT2D eigenvalue weighted by Crippen LogP contribution is 2.34. The van der Waals surface area contributed by atoms with Crippen LogP contribution in [0.5, 0.6) is 0 Å². The van der Waals surface area contributed by atoms with Gasteiger partial charge in [-0.3, -0.25) is 14.8 Å². The summed E-state index contributed by atoms with van der Waals surface area (Å²) < 4.78 is 16.5. The molecule has 0 spiro atoms. The van der Waals surface area contributed by atoms with Crippen molar-refractivity contribution < 1.29 is 24.4 Å². The van der Waals surface area contributed by atoms with Gasteiger partial charge in [0.05, 0.1) is 37.7 Å². The van der Waals surface area contributed by atoms with Gasteiger partial charge < -0.3 is 24.4 Å². The van der Waals surface area contributed by atoms with Gasteiger partial charge in [-0.1, -0.05) is 33.8 Å². The lowest BCUT2D eigenvalue weighted by Gasteiger charge is -2.31. The lowest BCUT2D eigenvalue weighted by molar-refractivity contribution is 0.0147. The molecule has 9 heteroatoms. The van der Waals surface area contributed by atoms with Crippen molar-refractivity contribution in [2.75, 3.05) is 71.6 Å². The highest BCUT2D eigenvalue weighted by Gasteiger charge is 2.39. The third-order valence-corrected chi connectivity index (χ3v) is 9.16. The Balaban J connectivity index is 0.000000344. The van der Waals surface area contributed by atoms with E-state index in [1.807, 2.05) is 18.2 Å². The fourth-order valence-electron chi connectivity index (χ4n) is 6.05. The van der Waals surface area contributed by atoms with Crippen molar-refractivity contribution in [1.29, 1.82) is 0 Å². The summed E-state index contributed by atoms with van der Waals surface area (Å²) in [5, 5.41) is 19.9. The molecule has 0 aliphatic carbocycles. The van der Waals surface area contributed by atoms with E-state index in [9.17, 15) is 10.2 Å². The molecule has 0 amide bonds. The molecule has 0 saturated carbocycles. The molecular weight excluding hydrogens is 562 g/mol. The Hall–Kier alpha value is -0.780. The summed E-state index contributed by atoms with van der Waals surface area (Å²) in [4.78, 5) is 9.42. The fraction of sp³-hybridized carbons (Fsp3) is 0.853. The number of nitrogens with zero attached hydrogens (tertiary/aromatic N) is 3. The van der Waals surface area contributed by atoms with Gasteiger partial charge in [-0.15, -0.1) is 0 Å². The Kier molecular flexibility index (Phi) is 21.0. The second-order valence-electron chi connectivity index (χ2n) is 12.5. The second-order valence-corrected chi connectivity index (χ2v) is 13.5. The van der Waals surface area contributed by atoms with E-state index in [0.29, 0.717) is 37.0 Å². The van der Waals surface area contributed by atoms with Crippen LogP contribution in [0.3, 0.4) is 0 Å². The first-order valence-electron chi connectivity index (χ1n) is 16.9. The SMILES string of the molecule is CCCOCC(C)CN1CCCC1[C@H]1CC(C)N(CC(O)COCCC)C1.CCCOCC(O)CSCc1ccccn1. The number of hydrogen-bond acceptors (Lipinski definition) is 9. The summed E-state index contributed by atoms with van der Waals surface area (Å²) in [5.74, 6) is 2.87. The minimum Gasteiger partial charge on any atom is -0.390 e. The van der Waals surface area contributed by atoms with Crippen molar-refractivity contribution >= 4 is 11.8 Å². The molecule has 3 rings (SSSR count). The van der Waals surface area contributed by atoms with Crippen LogP contribution >= 0.6 is 11.8 Å². The van der Waals surface area contributed by atoms with Gasteiger partial charge in [0, 0.05) is 69.2 Å². The molecule has 1 aromatic heterocycles. The van der Waals surface area contributed by atoms with Crippen LogP contribution < -0.4 is 0 Å². The van der Waals surface area contributed by atoms with Crippen molar-refractivity contribution in [1.82, 2.24) is 14.8 Å². The molecule has 250 valence electrons. The number of rotatable bonds is 21. The van der Waals surface area contributed by atoms with Gasteiger partial charge in [0.1, 0.15) is 0 Å². The van der Waals surface area contributed by atoms with Crippen molar-refractivity contribution in [2.45, 2.75) is 103 Å². The molecule has 43 heavy (non-hydrogen) atoms. The summed E-state index contributed by atoms with van der Waals surface area (Å²) in [5.41, 5.74) is 1.05. The first-order valence-corrected chi connectivity index (χ1v) is 18.1. The van der Waals surface area contributed by atoms with E-state index < -0.39 is 0 Å². The van der Waals surface area contributed by atoms with Crippen molar-refractivity contribution in [3.8, 4) is 0 Å². The second kappa shape index (κ2) is 23.5. The molecule has 3 heterocycles. The van der Waals surface area contributed by atoms with Crippen LogP contribution in [0.4, 0.5) is 0 Å². The average molecular weight is 626 g/mol. The summed E-state index contributed by atoms with van der Waals surface area (Å²) in [6, 6.07) is 7.14. The lowest BCUT2D eigenvalue weighted by Crippen LogP contribution is -2.41. The molecule has 2 N–H and O–H groups in total. The summed E-state index contributed by atoms with van der Waals surface area (Å²) >= 11 is 1.68. The highest BCUT2D eigenvalue weighted by molar-refractivity contribution is 7.98. The van der Waals surface area contributed by atoms with Crippen LogP contribution in [0, 0.1) is 11.8 Å². The zero-order chi connectivity index (χ0) is 31.3. The van der Waals surface area contributed by atoms with Gasteiger partial charge in [0.2, 0.25) is 0 Å². The quantitative estimate of drug-likeness (QED) is 0.181. The normalized spacial score (nSPS) is 23.2. The molecule has 2 fully saturated rings. The maximum absolute atomic E-state index is 10.3. The molecule has 6 atom stereocenters. The van der Waals surface area contributed by atoms with Crippen LogP contribution in [0.2, 0.25) is 0 Å². The number of aliphatic hydroxyl groups is 2. The van der Waals surface area contributed by atoms with E-state index in [1.165, 1.54) is 25.8 Å². The number of aromatic nitrogens is 1. The van der Waals surface area contributed by atoms with E-state index in [2.05, 4.69) is 49.4 Å². The molecule has 5 unspecified atom stereocenters. The smallest absolute Gasteiger partial charge is 0.0900 e. The molecule has 2 aliphatic heterocycles. The van der Waals surface area contributed by atoms with Crippen LogP contribution in [-0.2, 0) is 20.0 Å². The van der Waals surface area contributed by atoms with Crippen LogP contribution in [0.15, 0.2) is 24.4 Å². The Labute approximate surface area is 267 Å². The molecular formula is C34H63N3O5S. The number of thioether (sulfide) groups is 1. The Morgan fingerprint density at radius 1 is 0.930 bits per heavy atom. The molecule has 0 bridgehead atoms. The van der Waals surface area contributed by atoms with Crippen LogP contribution in [0.1, 0.15) is 78.8 Å². The van der Waals surface area contributed by atoms with Gasteiger partial charge in [0.25, 0.3) is 0 Å². The van der Waals surface area contributed by atoms with Crippen molar-refractivity contribution in [3.05, 3.63) is 30.1 Å². The van der Waals surface area contributed by atoms with E-state index >= 15 is 0 Å². The lowest BCUT2D eigenvalue weighted by atomic mass is 9.94. The molecule has 2 saturated heterocycles. The molecule has 0 radical (unpaired) electrons. The average Bonchev–Trinajstić information content (AvgIpc) is 3.60. The first-order chi connectivity index (χ1) is 20.9. The zero-order valence-electron chi connectivity index (χ0n) is 27.9. The largest absolute Gasteiger partial charge is 0.390 e. The number of pyridine rings is 1. The van der Waals surface area contributed by atoms with E-state index in [0.717, 1.165) is 82.7 Å². The van der Waals surface area contributed by atoms with Crippen LogP contribution in [0.25, 0.3) is 0 Å². The number of hydrogen-bond donors (Lipinski definition) is 2. The summed E-state index contributed by atoms with van der Waals surface area (Å²) in [6.45, 7) is 19.4.